The molecule has 1 aliphatic rings. The van der Waals surface area contributed by atoms with Crippen molar-refractivity contribution in [3.8, 4) is 5.69 Å². The van der Waals surface area contributed by atoms with Gasteiger partial charge in [-0.05, 0) is 48.4 Å². The smallest absolute Gasteiger partial charge is 0.198 e. The SMILES string of the molecule is CCc1ccc2c(c1)-n1c3ncccc3c(=O)c3cccc(c31)S2. The lowest BCUT2D eigenvalue weighted by Gasteiger charge is -2.24. The molecule has 116 valence electrons. The van der Waals surface area contributed by atoms with Gasteiger partial charge in [0, 0.05) is 21.4 Å². The highest BCUT2D eigenvalue weighted by Gasteiger charge is 2.22. The second-order valence-electron chi connectivity index (χ2n) is 5.95. The molecule has 0 amide bonds. The van der Waals surface area contributed by atoms with Crippen LogP contribution in [-0.4, -0.2) is 9.55 Å². The van der Waals surface area contributed by atoms with E-state index in [1.807, 2.05) is 24.3 Å². The van der Waals surface area contributed by atoms with Gasteiger partial charge in [-0.3, -0.25) is 9.36 Å². The Hall–Kier alpha value is -2.59. The Balaban J connectivity index is 2.08. The van der Waals surface area contributed by atoms with Crippen molar-refractivity contribution in [2.24, 2.45) is 0 Å². The summed E-state index contributed by atoms with van der Waals surface area (Å²) in [7, 11) is 0. The van der Waals surface area contributed by atoms with Crippen LogP contribution in [0, 0.1) is 0 Å². The van der Waals surface area contributed by atoms with E-state index in [-0.39, 0.29) is 5.43 Å². The average molecular weight is 330 g/mol. The first-order valence-corrected chi connectivity index (χ1v) is 8.83. The predicted octanol–water partition coefficient (Wildman–Crippen LogP) is 4.57. The van der Waals surface area contributed by atoms with Crippen molar-refractivity contribution in [3.63, 3.8) is 0 Å². The molecule has 0 unspecified atom stereocenters. The first kappa shape index (κ1) is 13.8. The number of aromatic nitrogens is 2. The minimum Gasteiger partial charge on any atom is -0.291 e. The molecule has 0 radical (unpaired) electrons. The molecule has 0 aliphatic carbocycles. The van der Waals surface area contributed by atoms with Crippen molar-refractivity contribution in [1.82, 2.24) is 9.55 Å². The zero-order valence-electron chi connectivity index (χ0n) is 13.1. The molecule has 0 N–H and O–H groups in total. The van der Waals surface area contributed by atoms with Crippen LogP contribution in [0.15, 0.2) is 69.3 Å². The van der Waals surface area contributed by atoms with Gasteiger partial charge >= 0.3 is 0 Å². The molecule has 0 fully saturated rings. The van der Waals surface area contributed by atoms with Crippen LogP contribution in [0.4, 0.5) is 0 Å². The van der Waals surface area contributed by atoms with E-state index in [4.69, 9.17) is 0 Å². The van der Waals surface area contributed by atoms with Crippen molar-refractivity contribution in [2.75, 3.05) is 0 Å². The van der Waals surface area contributed by atoms with Gasteiger partial charge in [-0.25, -0.2) is 4.98 Å². The lowest BCUT2D eigenvalue weighted by atomic mass is 10.1. The number of hydrogen-bond donors (Lipinski definition) is 0. The molecule has 0 atom stereocenters. The zero-order chi connectivity index (χ0) is 16.3. The molecule has 0 saturated carbocycles. The van der Waals surface area contributed by atoms with E-state index >= 15 is 0 Å². The number of para-hydroxylation sites is 1. The van der Waals surface area contributed by atoms with Crippen LogP contribution in [0.2, 0.25) is 0 Å². The van der Waals surface area contributed by atoms with E-state index < -0.39 is 0 Å². The second kappa shape index (κ2) is 4.95. The Morgan fingerprint density at radius 1 is 1.04 bits per heavy atom. The normalized spacial score (nSPS) is 12.5. The number of benzene rings is 2. The highest BCUT2D eigenvalue weighted by Crippen LogP contribution is 2.43. The lowest BCUT2D eigenvalue weighted by molar-refractivity contribution is 1.03. The molecule has 4 heteroatoms. The number of nitrogens with zero attached hydrogens (tertiary/aromatic N) is 2. The largest absolute Gasteiger partial charge is 0.291 e. The van der Waals surface area contributed by atoms with Crippen molar-refractivity contribution in [1.29, 1.82) is 0 Å². The van der Waals surface area contributed by atoms with E-state index in [0.29, 0.717) is 5.39 Å². The maximum absolute atomic E-state index is 12.9. The molecule has 2 aromatic carbocycles. The Labute approximate surface area is 143 Å². The molecule has 5 rings (SSSR count). The van der Waals surface area contributed by atoms with Gasteiger partial charge in [-0.15, -0.1) is 0 Å². The van der Waals surface area contributed by atoms with Gasteiger partial charge in [0.1, 0.15) is 5.65 Å². The number of aryl methyl sites for hydroxylation is 1. The highest BCUT2D eigenvalue weighted by atomic mass is 32.2. The maximum atomic E-state index is 12.9. The Morgan fingerprint density at radius 3 is 2.79 bits per heavy atom. The topological polar surface area (TPSA) is 34.9 Å². The average Bonchev–Trinajstić information content (AvgIpc) is 2.64. The second-order valence-corrected chi connectivity index (χ2v) is 7.03. The quantitative estimate of drug-likeness (QED) is 0.422. The Kier molecular flexibility index (Phi) is 2.85. The fourth-order valence-corrected chi connectivity index (χ4v) is 4.49. The standard InChI is InChI=1S/C20H14N2OS/c1-2-12-8-9-16-15(11-12)22-18-13(5-3-7-17(18)24-16)19(23)14-6-4-10-21-20(14)22/h3-11H,2H2,1H3. The minimum atomic E-state index is 0.0573. The molecule has 0 saturated heterocycles. The van der Waals surface area contributed by atoms with Gasteiger partial charge < -0.3 is 0 Å². The van der Waals surface area contributed by atoms with Crippen LogP contribution in [-0.2, 0) is 6.42 Å². The predicted molar refractivity (Wildman–Crippen MR) is 98.3 cm³/mol. The van der Waals surface area contributed by atoms with E-state index in [0.717, 1.165) is 33.6 Å². The van der Waals surface area contributed by atoms with Crippen LogP contribution in [0.1, 0.15) is 12.5 Å². The maximum Gasteiger partial charge on any atom is 0.198 e. The van der Waals surface area contributed by atoms with E-state index in [1.54, 1.807) is 18.0 Å². The Morgan fingerprint density at radius 2 is 1.92 bits per heavy atom. The van der Waals surface area contributed by atoms with Gasteiger partial charge in [0.25, 0.3) is 0 Å². The van der Waals surface area contributed by atoms with Crippen molar-refractivity contribution in [2.45, 2.75) is 23.1 Å². The van der Waals surface area contributed by atoms with Crippen molar-refractivity contribution >= 4 is 33.7 Å². The fraction of sp³-hybridized carbons (Fsp3) is 0.100. The molecule has 3 nitrogen and oxygen atoms in total. The number of hydrogen-bond acceptors (Lipinski definition) is 3. The summed E-state index contributed by atoms with van der Waals surface area (Å²) >= 11 is 1.72. The van der Waals surface area contributed by atoms with E-state index in [9.17, 15) is 4.79 Å². The zero-order valence-corrected chi connectivity index (χ0v) is 13.9. The van der Waals surface area contributed by atoms with Crippen LogP contribution >= 0.6 is 11.8 Å². The molecule has 2 aromatic heterocycles. The van der Waals surface area contributed by atoms with Gasteiger partial charge in [-0.2, -0.15) is 0 Å². The van der Waals surface area contributed by atoms with E-state index in [2.05, 4.69) is 40.7 Å². The molecule has 0 spiro atoms. The molecular formula is C20H14N2OS. The van der Waals surface area contributed by atoms with Crippen LogP contribution in [0.5, 0.6) is 0 Å². The summed E-state index contributed by atoms with van der Waals surface area (Å²) in [5, 5.41) is 1.43. The van der Waals surface area contributed by atoms with E-state index in [1.165, 1.54) is 10.5 Å². The van der Waals surface area contributed by atoms with Crippen LogP contribution in [0.3, 0.4) is 0 Å². The summed E-state index contributed by atoms with van der Waals surface area (Å²) in [6, 6.07) is 16.2. The lowest BCUT2D eigenvalue weighted by Crippen LogP contribution is -2.14. The van der Waals surface area contributed by atoms with Gasteiger partial charge in [-0.1, -0.05) is 30.8 Å². The summed E-state index contributed by atoms with van der Waals surface area (Å²) < 4.78 is 2.16. The third-order valence-corrected chi connectivity index (χ3v) is 5.72. The minimum absolute atomic E-state index is 0.0573. The van der Waals surface area contributed by atoms with Gasteiger partial charge in [0.2, 0.25) is 0 Å². The first-order valence-electron chi connectivity index (χ1n) is 8.01. The van der Waals surface area contributed by atoms with Gasteiger partial charge in [0.05, 0.1) is 16.6 Å². The third-order valence-electron chi connectivity index (χ3n) is 4.60. The molecular weight excluding hydrogens is 316 g/mol. The van der Waals surface area contributed by atoms with Crippen LogP contribution in [0.25, 0.3) is 27.6 Å². The summed E-state index contributed by atoms with van der Waals surface area (Å²) in [6.45, 7) is 2.16. The Bertz CT molecular complexity index is 1190. The molecule has 4 aromatic rings. The number of rotatable bonds is 1. The summed E-state index contributed by atoms with van der Waals surface area (Å²) in [6.07, 6.45) is 2.74. The molecule has 1 aliphatic heterocycles. The van der Waals surface area contributed by atoms with Crippen molar-refractivity contribution < 1.29 is 0 Å². The molecule has 24 heavy (non-hydrogen) atoms. The monoisotopic (exact) mass is 330 g/mol. The number of fused-ring (bicyclic) bond motifs is 4. The molecule has 0 bridgehead atoms. The molecule has 3 heterocycles. The van der Waals surface area contributed by atoms with Gasteiger partial charge in [0.15, 0.2) is 5.43 Å². The third kappa shape index (κ3) is 1.74. The summed E-state index contributed by atoms with van der Waals surface area (Å²) in [5.74, 6) is 0. The number of pyridine rings is 2. The van der Waals surface area contributed by atoms with Crippen LogP contribution < -0.4 is 5.43 Å². The first-order chi connectivity index (χ1) is 11.8. The summed E-state index contributed by atoms with van der Waals surface area (Å²) in [5.41, 5.74) is 4.16. The van der Waals surface area contributed by atoms with Crippen molar-refractivity contribution in [3.05, 3.63) is 70.5 Å². The summed E-state index contributed by atoms with van der Waals surface area (Å²) in [4.78, 5) is 19.8. The fourth-order valence-electron chi connectivity index (χ4n) is 3.42. The highest BCUT2D eigenvalue weighted by molar-refractivity contribution is 7.99.